The van der Waals surface area contributed by atoms with Crippen LogP contribution in [0.2, 0.25) is 0 Å². The molecule has 2 atom stereocenters. The second-order valence-corrected chi connectivity index (χ2v) is 8.70. The summed E-state index contributed by atoms with van der Waals surface area (Å²) in [6.45, 7) is 0.333. The highest BCUT2D eigenvalue weighted by molar-refractivity contribution is 5.79. The number of pyridine rings is 1. The normalized spacial score (nSPS) is 14.2. The lowest BCUT2D eigenvalue weighted by Crippen LogP contribution is -2.30. The van der Waals surface area contributed by atoms with Gasteiger partial charge in [0.2, 0.25) is 0 Å². The third-order valence-corrected chi connectivity index (χ3v) is 6.54. The van der Waals surface area contributed by atoms with Gasteiger partial charge in [0.15, 0.2) is 5.43 Å². The van der Waals surface area contributed by atoms with E-state index in [0.29, 0.717) is 16.5 Å². The third kappa shape index (κ3) is 4.56. The van der Waals surface area contributed by atoms with Crippen LogP contribution in [0.3, 0.4) is 0 Å². The predicted molar refractivity (Wildman–Crippen MR) is 133 cm³/mol. The highest BCUT2D eigenvalue weighted by Crippen LogP contribution is 2.44. The maximum Gasteiger partial charge on any atom is 0.407 e. The van der Waals surface area contributed by atoms with Crippen molar-refractivity contribution in [2.24, 2.45) is 0 Å². The van der Waals surface area contributed by atoms with Gasteiger partial charge in [0, 0.05) is 35.6 Å². The number of carbonyl (C=O) groups is 1. The van der Waals surface area contributed by atoms with Gasteiger partial charge in [-0.1, -0.05) is 54.6 Å². The number of rotatable bonds is 7. The molecule has 1 heterocycles. The summed E-state index contributed by atoms with van der Waals surface area (Å²) in [6.07, 6.45) is -1.21. The molecule has 7 heteroatoms. The summed E-state index contributed by atoms with van der Waals surface area (Å²) in [5, 5.41) is 24.0. The van der Waals surface area contributed by atoms with Crippen LogP contribution in [-0.4, -0.2) is 40.5 Å². The second kappa shape index (κ2) is 9.74. The highest BCUT2D eigenvalue weighted by atomic mass is 16.5. The van der Waals surface area contributed by atoms with Gasteiger partial charge in [-0.2, -0.15) is 0 Å². The molecule has 7 nitrogen and oxygen atoms in total. The Morgan fingerprint density at radius 2 is 1.66 bits per heavy atom. The molecule has 1 aromatic heterocycles. The first-order valence-electron chi connectivity index (χ1n) is 11.6. The standard InChI is InChI=1S/C28H26N2O5/c31-25-11-13-29-24-10-9-17(15-22(24)25)27(33)26(32)12-14-30-28(34)35-16-23-20-7-3-1-5-18(20)19-6-2-4-8-21(19)23/h1-11,13,15,23,26-27,32-33H,12,14,16H2,(H,29,31)(H,30,34). The number of alkyl carbamates (subject to hydrolysis) is 1. The van der Waals surface area contributed by atoms with Crippen LogP contribution >= 0.6 is 0 Å². The molecule has 0 aliphatic heterocycles. The van der Waals surface area contributed by atoms with Crippen LogP contribution in [0.1, 0.15) is 35.1 Å². The average molecular weight is 471 g/mol. The van der Waals surface area contributed by atoms with Gasteiger partial charge < -0.3 is 25.3 Å². The molecule has 0 saturated heterocycles. The summed E-state index contributed by atoms with van der Waals surface area (Å²) in [5.41, 5.74) is 5.50. The Morgan fingerprint density at radius 1 is 0.971 bits per heavy atom. The number of aliphatic hydroxyl groups excluding tert-OH is 2. The van der Waals surface area contributed by atoms with Gasteiger partial charge in [0.25, 0.3) is 0 Å². The fourth-order valence-electron chi connectivity index (χ4n) is 4.72. The first-order chi connectivity index (χ1) is 17.0. The van der Waals surface area contributed by atoms with Gasteiger partial charge in [-0.3, -0.25) is 4.79 Å². The number of hydrogen-bond donors (Lipinski definition) is 4. The van der Waals surface area contributed by atoms with E-state index in [1.165, 1.54) is 6.07 Å². The number of ether oxygens (including phenoxy) is 1. The number of aliphatic hydroxyl groups is 2. The van der Waals surface area contributed by atoms with Crippen molar-refractivity contribution in [1.82, 2.24) is 10.3 Å². The number of hydrogen-bond acceptors (Lipinski definition) is 5. The van der Waals surface area contributed by atoms with Crippen molar-refractivity contribution in [3.8, 4) is 11.1 Å². The Bertz CT molecular complexity index is 1380. The lowest BCUT2D eigenvalue weighted by Gasteiger charge is -2.19. The smallest absolute Gasteiger partial charge is 0.407 e. The number of aromatic amines is 1. The summed E-state index contributed by atoms with van der Waals surface area (Å²) in [4.78, 5) is 27.3. The van der Waals surface area contributed by atoms with Crippen molar-refractivity contribution in [2.45, 2.75) is 24.5 Å². The quantitative estimate of drug-likeness (QED) is 0.328. The summed E-state index contributed by atoms with van der Waals surface area (Å²) in [5.74, 6) is -0.0309. The van der Waals surface area contributed by atoms with E-state index in [4.69, 9.17) is 4.74 Å². The fourth-order valence-corrected chi connectivity index (χ4v) is 4.72. The molecule has 1 amide bonds. The number of benzene rings is 3. The topological polar surface area (TPSA) is 112 Å². The summed E-state index contributed by atoms with van der Waals surface area (Å²) in [6, 6.07) is 22.6. The third-order valence-electron chi connectivity index (χ3n) is 6.54. The Balaban J connectivity index is 1.15. The Kier molecular flexibility index (Phi) is 6.35. The lowest BCUT2D eigenvalue weighted by atomic mass is 9.98. The molecule has 4 N–H and O–H groups in total. The number of aromatic nitrogens is 1. The average Bonchev–Trinajstić information content (AvgIpc) is 3.21. The molecule has 0 fully saturated rings. The van der Waals surface area contributed by atoms with E-state index in [0.717, 1.165) is 22.3 Å². The van der Waals surface area contributed by atoms with Crippen LogP contribution in [0.25, 0.3) is 22.0 Å². The van der Waals surface area contributed by atoms with Crippen LogP contribution in [0.15, 0.2) is 83.8 Å². The van der Waals surface area contributed by atoms with Crippen molar-refractivity contribution in [3.05, 3.63) is 106 Å². The van der Waals surface area contributed by atoms with Gasteiger partial charge in [0.05, 0.1) is 6.10 Å². The molecule has 2 unspecified atom stereocenters. The Hall–Kier alpha value is -3.94. The van der Waals surface area contributed by atoms with Crippen LogP contribution in [0.5, 0.6) is 0 Å². The van der Waals surface area contributed by atoms with Gasteiger partial charge in [0.1, 0.15) is 12.7 Å². The van der Waals surface area contributed by atoms with E-state index in [1.54, 1.807) is 24.4 Å². The van der Waals surface area contributed by atoms with Gasteiger partial charge in [-0.25, -0.2) is 4.79 Å². The van der Waals surface area contributed by atoms with Crippen LogP contribution in [0, 0.1) is 0 Å². The Morgan fingerprint density at radius 3 is 2.37 bits per heavy atom. The number of fused-ring (bicyclic) bond motifs is 4. The zero-order chi connectivity index (χ0) is 24.4. The lowest BCUT2D eigenvalue weighted by molar-refractivity contribution is 0.0137. The largest absolute Gasteiger partial charge is 0.449 e. The molecule has 0 bridgehead atoms. The molecular weight excluding hydrogens is 444 g/mol. The molecule has 0 saturated carbocycles. The van der Waals surface area contributed by atoms with Gasteiger partial charge >= 0.3 is 6.09 Å². The number of amides is 1. The van der Waals surface area contributed by atoms with E-state index < -0.39 is 18.3 Å². The molecule has 0 radical (unpaired) electrons. The van der Waals surface area contributed by atoms with E-state index in [2.05, 4.69) is 34.6 Å². The monoisotopic (exact) mass is 470 g/mol. The van der Waals surface area contributed by atoms with Crippen molar-refractivity contribution < 1.29 is 19.7 Å². The fraction of sp³-hybridized carbons (Fsp3) is 0.214. The second-order valence-electron chi connectivity index (χ2n) is 8.70. The van der Waals surface area contributed by atoms with Crippen LogP contribution in [0.4, 0.5) is 4.79 Å². The molecule has 4 aromatic rings. The molecular formula is C28H26N2O5. The summed E-state index contributed by atoms with van der Waals surface area (Å²) >= 11 is 0. The molecule has 35 heavy (non-hydrogen) atoms. The van der Waals surface area contributed by atoms with E-state index in [-0.39, 0.29) is 30.9 Å². The van der Waals surface area contributed by atoms with Crippen molar-refractivity contribution in [2.75, 3.05) is 13.2 Å². The maximum atomic E-state index is 12.3. The van der Waals surface area contributed by atoms with E-state index >= 15 is 0 Å². The van der Waals surface area contributed by atoms with E-state index in [1.807, 2.05) is 24.3 Å². The molecule has 0 spiro atoms. The first kappa shape index (κ1) is 22.8. The minimum atomic E-state index is -1.19. The number of carbonyl (C=O) groups excluding carboxylic acids is 1. The first-order valence-corrected chi connectivity index (χ1v) is 11.6. The van der Waals surface area contributed by atoms with Gasteiger partial charge in [-0.15, -0.1) is 0 Å². The minimum absolute atomic E-state index is 0.0309. The van der Waals surface area contributed by atoms with Crippen molar-refractivity contribution >= 4 is 17.0 Å². The molecule has 1 aliphatic rings. The zero-order valence-electron chi connectivity index (χ0n) is 19.0. The number of H-pyrrole nitrogens is 1. The highest BCUT2D eigenvalue weighted by Gasteiger charge is 2.29. The van der Waals surface area contributed by atoms with E-state index in [9.17, 15) is 19.8 Å². The predicted octanol–water partition coefficient (Wildman–Crippen LogP) is 3.85. The SMILES string of the molecule is O=C(NCCC(O)C(O)c1ccc2[nH]ccc(=O)c2c1)OCC1c2ccccc2-c2ccccc21. The molecule has 178 valence electrons. The number of nitrogens with one attached hydrogen (secondary N) is 2. The molecule has 1 aliphatic carbocycles. The van der Waals surface area contributed by atoms with Crippen molar-refractivity contribution in [3.63, 3.8) is 0 Å². The summed E-state index contributed by atoms with van der Waals surface area (Å²) < 4.78 is 5.50. The molecule has 3 aromatic carbocycles. The zero-order valence-corrected chi connectivity index (χ0v) is 19.0. The Labute approximate surface area is 202 Å². The summed E-state index contributed by atoms with van der Waals surface area (Å²) in [7, 11) is 0. The van der Waals surface area contributed by atoms with Crippen LogP contribution < -0.4 is 10.7 Å². The maximum absolute atomic E-state index is 12.3. The molecule has 5 rings (SSSR count). The van der Waals surface area contributed by atoms with Crippen LogP contribution in [-0.2, 0) is 4.74 Å². The van der Waals surface area contributed by atoms with Crippen molar-refractivity contribution in [1.29, 1.82) is 0 Å². The van der Waals surface area contributed by atoms with Gasteiger partial charge in [-0.05, 0) is 46.4 Å². The minimum Gasteiger partial charge on any atom is -0.449 e.